The van der Waals surface area contributed by atoms with Gasteiger partial charge in [0.15, 0.2) is 11.5 Å². The number of anilines is 1. The number of rotatable bonds is 6. The molecule has 3 aromatic carbocycles. The molecule has 0 fully saturated rings. The van der Waals surface area contributed by atoms with E-state index in [1.807, 2.05) is 66.7 Å². The highest BCUT2D eigenvalue weighted by molar-refractivity contribution is 5.94. The van der Waals surface area contributed by atoms with Gasteiger partial charge in [-0.05, 0) is 35.0 Å². The van der Waals surface area contributed by atoms with Crippen molar-refractivity contribution < 1.29 is 14.3 Å². The van der Waals surface area contributed by atoms with Gasteiger partial charge in [0, 0.05) is 5.69 Å². The van der Waals surface area contributed by atoms with Gasteiger partial charge in [-0.1, -0.05) is 42.5 Å². The van der Waals surface area contributed by atoms with Crippen LogP contribution in [0, 0.1) is 0 Å². The second-order valence-electron chi connectivity index (χ2n) is 5.36. The SMILES string of the molecule is COc1ccccc1OCCC(=O)Nc1ccc2ccccc2c1. The van der Waals surface area contributed by atoms with Crippen molar-refractivity contribution in [2.24, 2.45) is 0 Å². The lowest BCUT2D eigenvalue weighted by molar-refractivity contribution is -0.116. The molecule has 0 aliphatic rings. The summed E-state index contributed by atoms with van der Waals surface area (Å²) in [4.78, 5) is 12.1. The number of hydrogen-bond acceptors (Lipinski definition) is 3. The second-order valence-corrected chi connectivity index (χ2v) is 5.36. The van der Waals surface area contributed by atoms with Gasteiger partial charge in [0.25, 0.3) is 0 Å². The predicted molar refractivity (Wildman–Crippen MR) is 95.7 cm³/mol. The molecule has 0 bridgehead atoms. The minimum atomic E-state index is -0.0832. The Kier molecular flexibility index (Phi) is 4.96. The van der Waals surface area contributed by atoms with Crippen LogP contribution in [0.4, 0.5) is 5.69 Å². The normalized spacial score (nSPS) is 10.4. The van der Waals surface area contributed by atoms with Gasteiger partial charge in [0.2, 0.25) is 5.91 Å². The summed E-state index contributed by atoms with van der Waals surface area (Å²) in [7, 11) is 1.59. The summed E-state index contributed by atoms with van der Waals surface area (Å²) in [5.41, 5.74) is 0.788. The highest BCUT2D eigenvalue weighted by Gasteiger charge is 2.06. The topological polar surface area (TPSA) is 47.6 Å². The first kappa shape index (κ1) is 15.9. The molecule has 0 aromatic heterocycles. The zero-order valence-electron chi connectivity index (χ0n) is 13.5. The van der Waals surface area contributed by atoms with E-state index >= 15 is 0 Å². The summed E-state index contributed by atoms with van der Waals surface area (Å²) < 4.78 is 10.8. The highest BCUT2D eigenvalue weighted by atomic mass is 16.5. The van der Waals surface area contributed by atoms with Gasteiger partial charge >= 0.3 is 0 Å². The average molecular weight is 321 g/mol. The Balaban J connectivity index is 1.55. The third-order valence-corrected chi connectivity index (χ3v) is 3.69. The van der Waals surface area contributed by atoms with Crippen molar-refractivity contribution in [3.05, 3.63) is 66.7 Å². The van der Waals surface area contributed by atoms with E-state index in [9.17, 15) is 4.79 Å². The monoisotopic (exact) mass is 321 g/mol. The van der Waals surface area contributed by atoms with Crippen molar-refractivity contribution in [1.29, 1.82) is 0 Å². The van der Waals surface area contributed by atoms with Gasteiger partial charge < -0.3 is 14.8 Å². The molecule has 0 atom stereocenters. The number of ether oxygens (including phenoxy) is 2. The molecule has 0 aliphatic carbocycles. The summed E-state index contributed by atoms with van der Waals surface area (Å²) in [5.74, 6) is 1.21. The molecule has 0 saturated heterocycles. The number of amides is 1. The maximum absolute atomic E-state index is 12.1. The summed E-state index contributed by atoms with van der Waals surface area (Å²) in [5, 5.41) is 5.14. The molecule has 122 valence electrons. The van der Waals surface area contributed by atoms with Crippen LogP contribution in [-0.2, 0) is 4.79 Å². The Morgan fingerprint density at radius 3 is 2.42 bits per heavy atom. The fourth-order valence-corrected chi connectivity index (χ4v) is 2.48. The molecule has 3 aromatic rings. The van der Waals surface area contributed by atoms with Crippen molar-refractivity contribution in [2.75, 3.05) is 19.0 Å². The van der Waals surface area contributed by atoms with E-state index in [4.69, 9.17) is 9.47 Å². The Bertz CT molecular complexity index is 845. The lowest BCUT2D eigenvalue weighted by Crippen LogP contribution is -2.15. The second kappa shape index (κ2) is 7.51. The van der Waals surface area contributed by atoms with Crippen LogP contribution in [0.25, 0.3) is 10.8 Å². The zero-order valence-corrected chi connectivity index (χ0v) is 13.5. The third-order valence-electron chi connectivity index (χ3n) is 3.69. The molecule has 0 saturated carbocycles. The summed E-state index contributed by atoms with van der Waals surface area (Å²) in [6.45, 7) is 0.291. The molecule has 3 rings (SSSR count). The number of hydrogen-bond donors (Lipinski definition) is 1. The smallest absolute Gasteiger partial charge is 0.227 e. The van der Waals surface area contributed by atoms with E-state index in [0.29, 0.717) is 18.1 Å². The molecule has 4 nitrogen and oxygen atoms in total. The first-order valence-corrected chi connectivity index (χ1v) is 7.81. The Labute approximate surface area is 141 Å². The fourth-order valence-electron chi connectivity index (χ4n) is 2.48. The molecule has 0 spiro atoms. The van der Waals surface area contributed by atoms with E-state index in [1.54, 1.807) is 7.11 Å². The predicted octanol–water partition coefficient (Wildman–Crippen LogP) is 4.26. The maximum Gasteiger partial charge on any atom is 0.227 e. The van der Waals surface area contributed by atoms with E-state index < -0.39 is 0 Å². The van der Waals surface area contributed by atoms with E-state index in [1.165, 1.54) is 0 Å². The van der Waals surface area contributed by atoms with Crippen LogP contribution in [0.15, 0.2) is 66.7 Å². The molecule has 1 amide bonds. The van der Waals surface area contributed by atoms with Crippen molar-refractivity contribution in [3.8, 4) is 11.5 Å². The van der Waals surface area contributed by atoms with Crippen molar-refractivity contribution in [3.63, 3.8) is 0 Å². The van der Waals surface area contributed by atoms with Crippen LogP contribution in [0.3, 0.4) is 0 Å². The fraction of sp³-hybridized carbons (Fsp3) is 0.150. The Morgan fingerprint density at radius 2 is 1.62 bits per heavy atom. The first-order chi connectivity index (χ1) is 11.8. The molecule has 0 aliphatic heterocycles. The lowest BCUT2D eigenvalue weighted by Gasteiger charge is -2.10. The number of nitrogens with one attached hydrogen (secondary N) is 1. The molecular weight excluding hydrogens is 302 g/mol. The molecule has 0 heterocycles. The van der Waals surface area contributed by atoms with Gasteiger partial charge in [0.05, 0.1) is 20.1 Å². The number of benzene rings is 3. The van der Waals surface area contributed by atoms with Crippen molar-refractivity contribution in [1.82, 2.24) is 0 Å². The summed E-state index contributed by atoms with van der Waals surface area (Å²) in [6, 6.07) is 21.3. The number of methoxy groups -OCH3 is 1. The molecular formula is C20H19NO3. The lowest BCUT2D eigenvalue weighted by atomic mass is 10.1. The summed E-state index contributed by atoms with van der Waals surface area (Å²) in [6.07, 6.45) is 0.269. The van der Waals surface area contributed by atoms with Crippen molar-refractivity contribution in [2.45, 2.75) is 6.42 Å². The Hall–Kier alpha value is -3.01. The maximum atomic E-state index is 12.1. The first-order valence-electron chi connectivity index (χ1n) is 7.81. The molecule has 1 N–H and O–H groups in total. The average Bonchev–Trinajstić information content (AvgIpc) is 2.62. The van der Waals surface area contributed by atoms with Crippen LogP contribution < -0.4 is 14.8 Å². The van der Waals surface area contributed by atoms with Crippen molar-refractivity contribution >= 4 is 22.4 Å². The van der Waals surface area contributed by atoms with E-state index in [2.05, 4.69) is 5.32 Å². The number of carbonyl (C=O) groups excluding carboxylic acids is 1. The van der Waals surface area contributed by atoms with Crippen LogP contribution >= 0.6 is 0 Å². The molecule has 4 heteroatoms. The van der Waals surface area contributed by atoms with Crippen LogP contribution in [0.2, 0.25) is 0 Å². The quantitative estimate of drug-likeness (QED) is 0.738. The Morgan fingerprint density at radius 1 is 0.917 bits per heavy atom. The number of fused-ring (bicyclic) bond motifs is 1. The van der Waals surface area contributed by atoms with E-state index in [0.717, 1.165) is 16.5 Å². The minimum Gasteiger partial charge on any atom is -0.493 e. The zero-order chi connectivity index (χ0) is 16.8. The van der Waals surface area contributed by atoms with Gasteiger partial charge in [0.1, 0.15) is 0 Å². The van der Waals surface area contributed by atoms with Gasteiger partial charge in [-0.25, -0.2) is 0 Å². The summed E-state index contributed by atoms with van der Waals surface area (Å²) >= 11 is 0. The number of para-hydroxylation sites is 2. The van der Waals surface area contributed by atoms with Gasteiger partial charge in [-0.2, -0.15) is 0 Å². The highest BCUT2D eigenvalue weighted by Crippen LogP contribution is 2.25. The van der Waals surface area contributed by atoms with Gasteiger partial charge in [-0.3, -0.25) is 4.79 Å². The minimum absolute atomic E-state index is 0.0832. The van der Waals surface area contributed by atoms with Gasteiger partial charge in [-0.15, -0.1) is 0 Å². The molecule has 0 radical (unpaired) electrons. The van der Waals surface area contributed by atoms with Crippen LogP contribution in [0.5, 0.6) is 11.5 Å². The largest absolute Gasteiger partial charge is 0.493 e. The standard InChI is InChI=1S/C20H19NO3/c1-23-18-8-4-5-9-19(18)24-13-12-20(22)21-17-11-10-15-6-2-3-7-16(15)14-17/h2-11,14H,12-13H2,1H3,(H,21,22). The molecule has 24 heavy (non-hydrogen) atoms. The number of carbonyl (C=O) groups is 1. The van der Waals surface area contributed by atoms with Crippen LogP contribution in [0.1, 0.15) is 6.42 Å². The van der Waals surface area contributed by atoms with E-state index in [-0.39, 0.29) is 12.3 Å². The molecule has 0 unspecified atom stereocenters. The van der Waals surface area contributed by atoms with Crippen LogP contribution in [-0.4, -0.2) is 19.6 Å². The third kappa shape index (κ3) is 3.84.